The molecule has 1 fully saturated rings. The summed E-state index contributed by atoms with van der Waals surface area (Å²) < 4.78 is 5.75. The maximum atomic E-state index is 12.2. The monoisotopic (exact) mass is 507 g/mol. The van der Waals surface area contributed by atoms with Gasteiger partial charge < -0.3 is 15.0 Å². The van der Waals surface area contributed by atoms with Gasteiger partial charge in [-0.2, -0.15) is 0 Å². The van der Waals surface area contributed by atoms with Gasteiger partial charge in [-0.05, 0) is 77.2 Å². The summed E-state index contributed by atoms with van der Waals surface area (Å²) in [6.45, 7) is 10.3. The fourth-order valence-corrected chi connectivity index (χ4v) is 5.24. The van der Waals surface area contributed by atoms with Crippen molar-refractivity contribution in [1.82, 2.24) is 10.2 Å². The molecule has 1 heterocycles. The summed E-state index contributed by atoms with van der Waals surface area (Å²) >= 11 is 0. The molecule has 5 heteroatoms. The minimum absolute atomic E-state index is 0.00321. The number of carbonyl (C=O) groups excluding carboxylic acids is 1. The Balaban J connectivity index is 1.26. The SMILES string of the molecule is CCCNC(=O)c1ccc(N2CCN(Cc3ccc(-c4cccc(OCC)c4)c4ccccc34)CC2)cc1. The summed E-state index contributed by atoms with van der Waals surface area (Å²) in [4.78, 5) is 17.2. The van der Waals surface area contributed by atoms with Crippen molar-refractivity contribution in [2.75, 3.05) is 44.2 Å². The fraction of sp³-hybridized carbons (Fsp3) is 0.303. The summed E-state index contributed by atoms with van der Waals surface area (Å²) in [5.74, 6) is 0.911. The second-order valence-corrected chi connectivity index (χ2v) is 9.84. The summed E-state index contributed by atoms with van der Waals surface area (Å²) in [6, 6.07) is 29.7. The molecule has 5 rings (SSSR count). The number of nitrogens with zero attached hydrogens (tertiary/aromatic N) is 2. The first-order valence-corrected chi connectivity index (χ1v) is 13.8. The predicted octanol–water partition coefficient (Wildman–Crippen LogP) is 6.37. The quantitative estimate of drug-likeness (QED) is 0.286. The molecule has 4 aromatic rings. The number of piperazine rings is 1. The standard InChI is InChI=1S/C33H37N3O2/c1-3-18-34-33(37)25-12-15-28(16-13-25)36-21-19-35(20-22-36)24-27-14-17-31(32-11-6-5-10-30(27)32)26-8-7-9-29(23-26)38-4-2/h5-17,23H,3-4,18-22,24H2,1-2H3,(H,34,37). The van der Waals surface area contributed by atoms with Crippen LogP contribution < -0.4 is 15.0 Å². The summed E-state index contributed by atoms with van der Waals surface area (Å²) in [6.07, 6.45) is 0.941. The first-order chi connectivity index (χ1) is 18.7. The molecule has 1 aliphatic heterocycles. The van der Waals surface area contributed by atoms with E-state index in [-0.39, 0.29) is 5.91 Å². The Kier molecular flexibility index (Phi) is 8.25. The van der Waals surface area contributed by atoms with Crippen molar-refractivity contribution in [2.45, 2.75) is 26.8 Å². The highest BCUT2D eigenvalue weighted by Gasteiger charge is 2.19. The average Bonchev–Trinajstić information content (AvgIpc) is 2.97. The van der Waals surface area contributed by atoms with E-state index < -0.39 is 0 Å². The Hall–Kier alpha value is -3.83. The minimum Gasteiger partial charge on any atom is -0.494 e. The molecule has 196 valence electrons. The van der Waals surface area contributed by atoms with E-state index in [1.54, 1.807) is 0 Å². The van der Waals surface area contributed by atoms with Crippen LogP contribution in [0.4, 0.5) is 5.69 Å². The Morgan fingerprint density at radius 1 is 0.842 bits per heavy atom. The number of anilines is 1. The van der Waals surface area contributed by atoms with Gasteiger partial charge in [0.2, 0.25) is 0 Å². The molecule has 0 aliphatic carbocycles. The molecule has 0 atom stereocenters. The van der Waals surface area contributed by atoms with Crippen molar-refractivity contribution in [3.8, 4) is 16.9 Å². The van der Waals surface area contributed by atoms with Crippen LogP contribution in [-0.4, -0.2) is 50.1 Å². The van der Waals surface area contributed by atoms with Crippen molar-refractivity contribution in [2.24, 2.45) is 0 Å². The van der Waals surface area contributed by atoms with E-state index in [0.717, 1.165) is 50.5 Å². The Labute approximate surface area is 226 Å². The van der Waals surface area contributed by atoms with Crippen LogP contribution in [0.2, 0.25) is 0 Å². The number of benzene rings is 4. The second-order valence-electron chi connectivity index (χ2n) is 9.84. The van der Waals surface area contributed by atoms with Crippen LogP contribution in [0.5, 0.6) is 5.75 Å². The molecule has 1 N–H and O–H groups in total. The van der Waals surface area contributed by atoms with Crippen LogP contribution in [0.1, 0.15) is 36.2 Å². The Bertz CT molecular complexity index is 1370. The van der Waals surface area contributed by atoms with Crippen LogP contribution in [0.15, 0.2) is 84.9 Å². The highest BCUT2D eigenvalue weighted by Crippen LogP contribution is 2.33. The van der Waals surface area contributed by atoms with E-state index in [1.807, 2.05) is 25.1 Å². The number of hydrogen-bond donors (Lipinski definition) is 1. The highest BCUT2D eigenvalue weighted by molar-refractivity contribution is 5.98. The maximum absolute atomic E-state index is 12.2. The normalized spacial score (nSPS) is 14.0. The molecule has 0 unspecified atom stereocenters. The maximum Gasteiger partial charge on any atom is 0.251 e. The van der Waals surface area contributed by atoms with E-state index in [2.05, 4.69) is 88.8 Å². The lowest BCUT2D eigenvalue weighted by molar-refractivity contribution is 0.0953. The minimum atomic E-state index is 0.00321. The largest absolute Gasteiger partial charge is 0.494 e. The zero-order valence-electron chi connectivity index (χ0n) is 22.5. The van der Waals surface area contributed by atoms with Gasteiger partial charge in [-0.3, -0.25) is 9.69 Å². The smallest absolute Gasteiger partial charge is 0.251 e. The molecular formula is C33H37N3O2. The van der Waals surface area contributed by atoms with E-state index in [1.165, 1.54) is 33.2 Å². The molecule has 5 nitrogen and oxygen atoms in total. The van der Waals surface area contributed by atoms with Gasteiger partial charge in [0.1, 0.15) is 5.75 Å². The molecule has 1 aliphatic rings. The molecule has 0 radical (unpaired) electrons. The first-order valence-electron chi connectivity index (χ1n) is 13.8. The second kappa shape index (κ2) is 12.1. The molecule has 38 heavy (non-hydrogen) atoms. The van der Waals surface area contributed by atoms with Crippen molar-refractivity contribution in [3.05, 3.63) is 96.1 Å². The van der Waals surface area contributed by atoms with Crippen LogP contribution in [0, 0.1) is 0 Å². The van der Waals surface area contributed by atoms with Crippen molar-refractivity contribution in [3.63, 3.8) is 0 Å². The molecule has 0 bridgehead atoms. The van der Waals surface area contributed by atoms with Gasteiger partial charge in [0.25, 0.3) is 5.91 Å². The molecule has 0 aromatic heterocycles. The molecule has 0 spiro atoms. The van der Waals surface area contributed by atoms with Gasteiger partial charge in [0.05, 0.1) is 6.61 Å². The zero-order valence-corrected chi connectivity index (χ0v) is 22.5. The van der Waals surface area contributed by atoms with Gasteiger partial charge in [0, 0.05) is 50.5 Å². The third-order valence-electron chi connectivity index (χ3n) is 7.27. The van der Waals surface area contributed by atoms with E-state index in [4.69, 9.17) is 4.74 Å². The molecule has 4 aromatic carbocycles. The van der Waals surface area contributed by atoms with Crippen molar-refractivity contribution >= 4 is 22.4 Å². The average molecular weight is 508 g/mol. The lowest BCUT2D eigenvalue weighted by Crippen LogP contribution is -2.46. The van der Waals surface area contributed by atoms with Crippen LogP contribution >= 0.6 is 0 Å². The number of hydrogen-bond acceptors (Lipinski definition) is 4. The zero-order chi connectivity index (χ0) is 26.3. The van der Waals surface area contributed by atoms with Crippen LogP contribution in [0.3, 0.4) is 0 Å². The fourth-order valence-electron chi connectivity index (χ4n) is 5.24. The van der Waals surface area contributed by atoms with Gasteiger partial charge in [-0.25, -0.2) is 0 Å². The number of rotatable bonds is 9. The summed E-state index contributed by atoms with van der Waals surface area (Å²) in [5.41, 5.74) is 5.69. The number of fused-ring (bicyclic) bond motifs is 1. The lowest BCUT2D eigenvalue weighted by atomic mass is 9.94. The van der Waals surface area contributed by atoms with E-state index >= 15 is 0 Å². The van der Waals surface area contributed by atoms with E-state index in [9.17, 15) is 4.79 Å². The van der Waals surface area contributed by atoms with Gasteiger partial charge >= 0.3 is 0 Å². The number of nitrogens with one attached hydrogen (secondary N) is 1. The number of carbonyl (C=O) groups is 1. The predicted molar refractivity (Wildman–Crippen MR) is 157 cm³/mol. The van der Waals surface area contributed by atoms with Crippen LogP contribution in [0.25, 0.3) is 21.9 Å². The third kappa shape index (κ3) is 5.84. The highest BCUT2D eigenvalue weighted by atomic mass is 16.5. The molecule has 1 amide bonds. The van der Waals surface area contributed by atoms with Crippen molar-refractivity contribution in [1.29, 1.82) is 0 Å². The summed E-state index contributed by atoms with van der Waals surface area (Å²) in [7, 11) is 0. The Morgan fingerprint density at radius 3 is 2.34 bits per heavy atom. The summed E-state index contributed by atoms with van der Waals surface area (Å²) in [5, 5.41) is 5.53. The number of ether oxygens (including phenoxy) is 1. The van der Waals surface area contributed by atoms with Gasteiger partial charge in [-0.15, -0.1) is 0 Å². The Morgan fingerprint density at radius 2 is 1.61 bits per heavy atom. The van der Waals surface area contributed by atoms with Gasteiger partial charge in [0.15, 0.2) is 0 Å². The first kappa shape index (κ1) is 25.8. The number of amides is 1. The third-order valence-corrected chi connectivity index (χ3v) is 7.27. The molecule has 0 saturated carbocycles. The topological polar surface area (TPSA) is 44.8 Å². The molecular weight excluding hydrogens is 470 g/mol. The van der Waals surface area contributed by atoms with Crippen LogP contribution in [-0.2, 0) is 6.54 Å². The molecule has 1 saturated heterocycles. The lowest BCUT2D eigenvalue weighted by Gasteiger charge is -2.36. The van der Waals surface area contributed by atoms with Gasteiger partial charge in [-0.1, -0.05) is 55.5 Å². The van der Waals surface area contributed by atoms with Crippen molar-refractivity contribution < 1.29 is 9.53 Å². The van der Waals surface area contributed by atoms with E-state index in [0.29, 0.717) is 13.2 Å².